The van der Waals surface area contributed by atoms with Crippen LogP contribution in [0.5, 0.6) is 23.0 Å². The van der Waals surface area contributed by atoms with Crippen LogP contribution in [0.4, 0.5) is 0 Å². The van der Waals surface area contributed by atoms with E-state index in [-0.39, 0.29) is 6.71 Å². The van der Waals surface area contributed by atoms with Crippen molar-refractivity contribution in [3.05, 3.63) is 176 Å². The van der Waals surface area contributed by atoms with Crippen molar-refractivity contribution in [2.24, 2.45) is 0 Å². The molecule has 0 N–H and O–H groups in total. The van der Waals surface area contributed by atoms with Gasteiger partial charge in [-0.1, -0.05) is 152 Å². The monoisotopic (exact) mass is 648 g/mol. The smallest absolute Gasteiger partial charge is 0.260 e. The maximum atomic E-state index is 6.95. The van der Waals surface area contributed by atoms with Gasteiger partial charge in [-0.3, -0.25) is 0 Å². The van der Waals surface area contributed by atoms with Gasteiger partial charge in [0.15, 0.2) is 0 Å². The molecule has 2 nitrogen and oxygen atoms in total. The Balaban J connectivity index is 1.24. The number of hydrogen-bond acceptors (Lipinski definition) is 2. The minimum atomic E-state index is 0.00944. The summed E-state index contributed by atoms with van der Waals surface area (Å²) < 4.78 is 13.5. The van der Waals surface area contributed by atoms with Crippen LogP contribution in [-0.4, -0.2) is 6.71 Å². The summed E-state index contributed by atoms with van der Waals surface area (Å²) in [5.74, 6) is 3.49. The quantitative estimate of drug-likeness (QED) is 0.108. The van der Waals surface area contributed by atoms with E-state index in [1.807, 2.05) is 6.07 Å². The van der Waals surface area contributed by atoms with Gasteiger partial charge >= 0.3 is 0 Å². The number of ether oxygens (including phenoxy) is 2. The molecule has 236 valence electrons. The molecule has 51 heavy (non-hydrogen) atoms. The van der Waals surface area contributed by atoms with Crippen molar-refractivity contribution >= 4 is 55.4 Å². The molecule has 0 saturated carbocycles. The number of benzene rings is 9. The van der Waals surface area contributed by atoms with Crippen molar-refractivity contribution in [2.45, 2.75) is 0 Å². The van der Waals surface area contributed by atoms with Crippen LogP contribution in [0, 0.1) is 0 Å². The van der Waals surface area contributed by atoms with Crippen molar-refractivity contribution < 1.29 is 9.47 Å². The second-order valence-corrected chi connectivity index (χ2v) is 13.5. The fourth-order valence-corrected chi connectivity index (χ4v) is 8.68. The largest absolute Gasteiger partial charge is 0.458 e. The zero-order valence-corrected chi connectivity index (χ0v) is 27.6. The van der Waals surface area contributed by atoms with Crippen LogP contribution in [0.25, 0.3) is 65.7 Å². The van der Waals surface area contributed by atoms with Crippen LogP contribution in [0.15, 0.2) is 176 Å². The molecule has 0 unspecified atom stereocenters. The molecule has 2 aliphatic rings. The highest BCUT2D eigenvalue weighted by Crippen LogP contribution is 2.50. The molecular formula is C48H29BO2. The molecular weight excluding hydrogens is 619 g/mol. The van der Waals surface area contributed by atoms with Crippen LogP contribution in [-0.2, 0) is 0 Å². The molecule has 2 aliphatic heterocycles. The molecule has 0 spiro atoms. The first kappa shape index (κ1) is 28.3. The first-order valence-corrected chi connectivity index (χ1v) is 17.6. The highest BCUT2D eigenvalue weighted by Gasteiger charge is 2.41. The Bertz CT molecular complexity index is 2860. The summed E-state index contributed by atoms with van der Waals surface area (Å²) in [5.41, 5.74) is 10.5. The van der Waals surface area contributed by atoms with Crippen LogP contribution >= 0.6 is 0 Å². The summed E-state index contributed by atoms with van der Waals surface area (Å²) in [4.78, 5) is 0. The second-order valence-electron chi connectivity index (χ2n) is 13.5. The zero-order chi connectivity index (χ0) is 33.5. The van der Waals surface area contributed by atoms with Crippen molar-refractivity contribution in [1.82, 2.24) is 0 Å². The average Bonchev–Trinajstić information content (AvgIpc) is 3.20. The summed E-state index contributed by atoms with van der Waals surface area (Å²) in [7, 11) is 0. The molecule has 0 amide bonds. The van der Waals surface area contributed by atoms with Crippen LogP contribution < -0.4 is 25.9 Å². The molecule has 0 fully saturated rings. The molecule has 2 heterocycles. The first-order valence-electron chi connectivity index (χ1n) is 17.6. The highest BCUT2D eigenvalue weighted by molar-refractivity contribution is 6.98. The topological polar surface area (TPSA) is 18.5 Å². The highest BCUT2D eigenvalue weighted by atomic mass is 16.5. The SMILES string of the molecule is c1ccc(-c2c3ccccc3c(-c3ccccc3-c3ccc4c5c3Oc3ccccc3B5c3ccccc3O4)c3ccc4ccccc4c23)cc1. The Hall–Kier alpha value is -6.58. The molecule has 0 atom stereocenters. The maximum absolute atomic E-state index is 6.95. The van der Waals surface area contributed by atoms with Crippen molar-refractivity contribution in [3.8, 4) is 56.4 Å². The Morgan fingerprint density at radius 1 is 0.353 bits per heavy atom. The van der Waals surface area contributed by atoms with E-state index >= 15 is 0 Å². The lowest BCUT2D eigenvalue weighted by molar-refractivity contribution is 0.465. The number of para-hydroxylation sites is 2. The van der Waals surface area contributed by atoms with Gasteiger partial charge in [0, 0.05) is 11.0 Å². The van der Waals surface area contributed by atoms with Crippen molar-refractivity contribution in [1.29, 1.82) is 0 Å². The fraction of sp³-hybridized carbons (Fsp3) is 0. The summed E-state index contributed by atoms with van der Waals surface area (Å²) in [6.07, 6.45) is 0. The van der Waals surface area contributed by atoms with Gasteiger partial charge in [0.25, 0.3) is 6.71 Å². The molecule has 0 bridgehead atoms. The predicted octanol–water partition coefficient (Wildman–Crippen LogP) is 10.9. The Labute approximate surface area is 296 Å². The van der Waals surface area contributed by atoms with Gasteiger partial charge in [0.2, 0.25) is 0 Å². The lowest BCUT2D eigenvalue weighted by atomic mass is 9.34. The van der Waals surface area contributed by atoms with E-state index in [2.05, 4.69) is 170 Å². The molecule has 3 heteroatoms. The third-order valence-electron chi connectivity index (χ3n) is 10.8. The Kier molecular flexibility index (Phi) is 6.08. The van der Waals surface area contributed by atoms with Gasteiger partial charge in [0.1, 0.15) is 23.0 Å². The average molecular weight is 649 g/mol. The zero-order valence-electron chi connectivity index (χ0n) is 27.6. The van der Waals surface area contributed by atoms with E-state index in [0.29, 0.717) is 0 Å². The second kappa shape index (κ2) is 11.0. The number of rotatable bonds is 3. The Morgan fingerprint density at radius 3 is 1.75 bits per heavy atom. The van der Waals surface area contributed by atoms with Gasteiger partial charge < -0.3 is 9.47 Å². The van der Waals surface area contributed by atoms with Gasteiger partial charge in [-0.2, -0.15) is 0 Å². The summed E-state index contributed by atoms with van der Waals surface area (Å²) in [5, 5.41) is 7.44. The molecule has 11 rings (SSSR count). The fourth-order valence-electron chi connectivity index (χ4n) is 8.68. The van der Waals surface area contributed by atoms with Crippen LogP contribution in [0.2, 0.25) is 0 Å². The summed E-state index contributed by atoms with van der Waals surface area (Å²) in [6.45, 7) is 0.00944. The third-order valence-corrected chi connectivity index (χ3v) is 10.8. The van der Waals surface area contributed by atoms with E-state index < -0.39 is 0 Å². The molecule has 0 aromatic heterocycles. The van der Waals surface area contributed by atoms with Gasteiger partial charge in [-0.05, 0) is 95.3 Å². The van der Waals surface area contributed by atoms with Crippen LogP contribution in [0.3, 0.4) is 0 Å². The van der Waals surface area contributed by atoms with Crippen molar-refractivity contribution in [2.75, 3.05) is 0 Å². The van der Waals surface area contributed by atoms with Gasteiger partial charge in [-0.25, -0.2) is 0 Å². The van der Waals surface area contributed by atoms with Gasteiger partial charge in [-0.15, -0.1) is 0 Å². The Morgan fingerprint density at radius 2 is 0.961 bits per heavy atom. The number of fused-ring (bicyclic) bond motifs is 8. The lowest BCUT2D eigenvalue weighted by Crippen LogP contribution is -2.57. The van der Waals surface area contributed by atoms with E-state index in [1.165, 1.54) is 54.6 Å². The summed E-state index contributed by atoms with van der Waals surface area (Å²) >= 11 is 0. The number of hydrogen-bond donors (Lipinski definition) is 0. The molecule has 0 aliphatic carbocycles. The minimum Gasteiger partial charge on any atom is -0.458 e. The minimum absolute atomic E-state index is 0.00944. The van der Waals surface area contributed by atoms with Crippen molar-refractivity contribution in [3.63, 3.8) is 0 Å². The van der Waals surface area contributed by atoms with Crippen LogP contribution in [0.1, 0.15) is 0 Å². The predicted molar refractivity (Wildman–Crippen MR) is 213 cm³/mol. The normalized spacial score (nSPS) is 12.6. The van der Waals surface area contributed by atoms with E-state index in [9.17, 15) is 0 Å². The first-order chi connectivity index (χ1) is 25.3. The standard InChI is InChI=1S/C48H29BO2/c1-2-15-31(16-3-1)44-35-20-8-9-21-36(35)45(38-27-26-30-14-4-5-17-32(30)46(38)44)34-19-7-6-18-33(34)37-28-29-43-47-48(37)51-42-25-13-11-23-40(42)49(47)39-22-10-12-24-41(39)50-43/h1-29H. The van der Waals surface area contributed by atoms with E-state index in [4.69, 9.17) is 9.47 Å². The van der Waals surface area contributed by atoms with E-state index in [1.54, 1.807) is 0 Å². The van der Waals surface area contributed by atoms with Gasteiger partial charge in [0.05, 0.1) is 0 Å². The van der Waals surface area contributed by atoms with E-state index in [0.717, 1.165) is 50.5 Å². The maximum Gasteiger partial charge on any atom is 0.260 e. The molecule has 9 aromatic carbocycles. The third kappa shape index (κ3) is 4.12. The molecule has 9 aromatic rings. The molecule has 0 saturated heterocycles. The molecule has 0 radical (unpaired) electrons. The summed E-state index contributed by atoms with van der Waals surface area (Å²) in [6, 6.07) is 63.1. The lowest BCUT2D eigenvalue weighted by Gasteiger charge is -2.34.